The Morgan fingerprint density at radius 3 is 2.29 bits per heavy atom. The fraction of sp³-hybridized carbons (Fsp3) is 0.263. The van der Waals surface area contributed by atoms with Gasteiger partial charge in [0.15, 0.2) is 0 Å². The zero-order chi connectivity index (χ0) is 17.4. The molecule has 5 nitrogen and oxygen atoms in total. The van der Waals surface area contributed by atoms with Gasteiger partial charge in [0.25, 0.3) is 0 Å². The average molecular weight is 327 g/mol. The second-order valence-corrected chi connectivity index (χ2v) is 5.55. The van der Waals surface area contributed by atoms with E-state index in [9.17, 15) is 14.7 Å². The Morgan fingerprint density at radius 2 is 1.71 bits per heavy atom. The van der Waals surface area contributed by atoms with E-state index in [2.05, 4.69) is 5.32 Å². The predicted molar refractivity (Wildman–Crippen MR) is 90.7 cm³/mol. The molecule has 1 atom stereocenters. The van der Waals surface area contributed by atoms with Gasteiger partial charge in [0, 0.05) is 13.0 Å². The number of benzene rings is 2. The van der Waals surface area contributed by atoms with Crippen LogP contribution in [0.5, 0.6) is 5.75 Å². The minimum Gasteiger partial charge on any atom is -0.497 e. The Balaban J connectivity index is 1.90. The standard InChI is InChI=1S/C19H21NO4/c1-24-17-9-7-14(8-10-17)11-16(19(22)23)12-18(21)20-13-15-5-3-2-4-6-15/h2-10,16H,11-13H2,1H3,(H,20,21)(H,22,23)/t16-/m1/s1. The van der Waals surface area contributed by atoms with Gasteiger partial charge in [-0.05, 0) is 29.7 Å². The zero-order valence-corrected chi connectivity index (χ0v) is 13.6. The summed E-state index contributed by atoms with van der Waals surface area (Å²) < 4.78 is 5.08. The molecular weight excluding hydrogens is 306 g/mol. The number of hydrogen-bond donors (Lipinski definition) is 2. The highest BCUT2D eigenvalue weighted by Gasteiger charge is 2.21. The number of hydrogen-bond acceptors (Lipinski definition) is 3. The molecule has 0 aliphatic heterocycles. The largest absolute Gasteiger partial charge is 0.497 e. The number of aliphatic carboxylic acids is 1. The van der Waals surface area contributed by atoms with Crippen molar-refractivity contribution in [2.24, 2.45) is 5.92 Å². The van der Waals surface area contributed by atoms with Crippen LogP contribution < -0.4 is 10.1 Å². The summed E-state index contributed by atoms with van der Waals surface area (Å²) in [6, 6.07) is 16.7. The molecule has 0 spiro atoms. The van der Waals surface area contributed by atoms with Crippen molar-refractivity contribution in [3.8, 4) is 5.75 Å². The van der Waals surface area contributed by atoms with Gasteiger partial charge in [-0.25, -0.2) is 0 Å². The molecule has 0 aromatic heterocycles. The van der Waals surface area contributed by atoms with Crippen molar-refractivity contribution in [3.63, 3.8) is 0 Å². The van der Waals surface area contributed by atoms with E-state index in [-0.39, 0.29) is 12.3 Å². The summed E-state index contributed by atoms with van der Waals surface area (Å²) in [7, 11) is 1.58. The maximum absolute atomic E-state index is 12.0. The molecular formula is C19H21NO4. The molecule has 2 aromatic rings. The third-order valence-electron chi connectivity index (χ3n) is 3.75. The fourth-order valence-electron chi connectivity index (χ4n) is 2.39. The van der Waals surface area contributed by atoms with E-state index in [0.29, 0.717) is 18.7 Å². The SMILES string of the molecule is COc1ccc(C[C@H](CC(=O)NCc2ccccc2)C(=O)O)cc1. The Labute approximate surface area is 141 Å². The second-order valence-electron chi connectivity index (χ2n) is 5.55. The van der Waals surface area contributed by atoms with Crippen LogP contribution in [0.2, 0.25) is 0 Å². The van der Waals surface area contributed by atoms with Crippen molar-refractivity contribution in [2.75, 3.05) is 7.11 Å². The van der Waals surface area contributed by atoms with Crippen LogP contribution in [0.1, 0.15) is 17.5 Å². The van der Waals surface area contributed by atoms with E-state index in [1.54, 1.807) is 19.2 Å². The van der Waals surface area contributed by atoms with Crippen LogP contribution in [0.4, 0.5) is 0 Å². The van der Waals surface area contributed by atoms with Crippen molar-refractivity contribution < 1.29 is 19.4 Å². The molecule has 0 aliphatic carbocycles. The van der Waals surface area contributed by atoms with Gasteiger partial charge < -0.3 is 15.2 Å². The summed E-state index contributed by atoms with van der Waals surface area (Å²) in [5.74, 6) is -1.28. The molecule has 5 heteroatoms. The van der Waals surface area contributed by atoms with Crippen molar-refractivity contribution >= 4 is 11.9 Å². The smallest absolute Gasteiger partial charge is 0.307 e. The molecule has 2 aromatic carbocycles. The topological polar surface area (TPSA) is 75.6 Å². The zero-order valence-electron chi connectivity index (χ0n) is 13.6. The third kappa shape index (κ3) is 5.43. The number of ether oxygens (including phenoxy) is 1. The number of nitrogens with one attached hydrogen (secondary N) is 1. The first-order valence-electron chi connectivity index (χ1n) is 7.75. The summed E-state index contributed by atoms with van der Waals surface area (Å²) in [5, 5.41) is 12.1. The van der Waals surface area contributed by atoms with Crippen LogP contribution in [0.3, 0.4) is 0 Å². The van der Waals surface area contributed by atoms with Gasteiger partial charge in [0.05, 0.1) is 13.0 Å². The van der Waals surface area contributed by atoms with E-state index in [0.717, 1.165) is 11.1 Å². The van der Waals surface area contributed by atoms with E-state index < -0.39 is 11.9 Å². The second kappa shape index (κ2) is 8.72. The molecule has 0 fully saturated rings. The lowest BCUT2D eigenvalue weighted by molar-refractivity contribution is -0.144. The lowest BCUT2D eigenvalue weighted by Gasteiger charge is -2.13. The minimum absolute atomic E-state index is 0.0474. The highest BCUT2D eigenvalue weighted by Crippen LogP contribution is 2.17. The molecule has 1 amide bonds. The van der Waals surface area contributed by atoms with E-state index in [1.807, 2.05) is 42.5 Å². The van der Waals surface area contributed by atoms with Gasteiger partial charge in [-0.1, -0.05) is 42.5 Å². The molecule has 0 heterocycles. The first-order valence-corrected chi connectivity index (χ1v) is 7.75. The molecule has 0 unspecified atom stereocenters. The highest BCUT2D eigenvalue weighted by molar-refractivity contribution is 5.82. The van der Waals surface area contributed by atoms with Gasteiger partial charge in [-0.2, -0.15) is 0 Å². The monoisotopic (exact) mass is 327 g/mol. The van der Waals surface area contributed by atoms with E-state index in [1.165, 1.54) is 0 Å². The van der Waals surface area contributed by atoms with Gasteiger partial charge in [0.2, 0.25) is 5.91 Å². The molecule has 126 valence electrons. The quantitative estimate of drug-likeness (QED) is 0.781. The summed E-state index contributed by atoms with van der Waals surface area (Å²) in [6.45, 7) is 0.397. The molecule has 0 saturated carbocycles. The first-order chi connectivity index (χ1) is 11.6. The average Bonchev–Trinajstić information content (AvgIpc) is 2.61. The van der Waals surface area contributed by atoms with Crippen LogP contribution in [-0.2, 0) is 22.6 Å². The normalized spacial score (nSPS) is 11.5. The number of carboxylic acid groups (broad SMARTS) is 1. The number of carbonyl (C=O) groups excluding carboxylic acids is 1. The number of rotatable bonds is 8. The van der Waals surface area contributed by atoms with Crippen LogP contribution >= 0.6 is 0 Å². The Morgan fingerprint density at radius 1 is 1.04 bits per heavy atom. The van der Waals surface area contributed by atoms with Gasteiger partial charge in [-0.15, -0.1) is 0 Å². The number of carbonyl (C=O) groups is 2. The fourth-order valence-corrected chi connectivity index (χ4v) is 2.39. The first kappa shape index (κ1) is 17.5. The van der Waals surface area contributed by atoms with Crippen molar-refractivity contribution in [2.45, 2.75) is 19.4 Å². The molecule has 2 rings (SSSR count). The van der Waals surface area contributed by atoms with Crippen LogP contribution in [0, 0.1) is 5.92 Å². The highest BCUT2D eigenvalue weighted by atomic mass is 16.5. The lowest BCUT2D eigenvalue weighted by Crippen LogP contribution is -2.29. The van der Waals surface area contributed by atoms with Gasteiger partial charge in [-0.3, -0.25) is 9.59 Å². The predicted octanol–water partition coefficient (Wildman–Crippen LogP) is 2.65. The Bertz CT molecular complexity index is 668. The summed E-state index contributed by atoms with van der Waals surface area (Å²) in [6.07, 6.45) is 0.256. The maximum atomic E-state index is 12.0. The molecule has 2 N–H and O–H groups in total. The minimum atomic E-state index is -0.972. The molecule has 24 heavy (non-hydrogen) atoms. The Hall–Kier alpha value is -2.82. The third-order valence-corrected chi connectivity index (χ3v) is 3.75. The van der Waals surface area contributed by atoms with Gasteiger partial charge >= 0.3 is 5.97 Å². The number of carboxylic acids is 1. The summed E-state index contributed by atoms with van der Waals surface area (Å²) in [4.78, 5) is 23.5. The Kier molecular flexibility index (Phi) is 6.37. The van der Waals surface area contributed by atoms with E-state index >= 15 is 0 Å². The maximum Gasteiger partial charge on any atom is 0.307 e. The van der Waals surface area contributed by atoms with Crippen LogP contribution in [-0.4, -0.2) is 24.1 Å². The summed E-state index contributed by atoms with van der Waals surface area (Å²) in [5.41, 5.74) is 1.84. The molecule has 0 aliphatic rings. The number of methoxy groups -OCH3 is 1. The van der Waals surface area contributed by atoms with Crippen molar-refractivity contribution in [1.29, 1.82) is 0 Å². The molecule has 0 bridgehead atoms. The summed E-state index contributed by atoms with van der Waals surface area (Å²) >= 11 is 0. The molecule has 0 radical (unpaired) electrons. The van der Waals surface area contributed by atoms with E-state index in [4.69, 9.17) is 4.74 Å². The van der Waals surface area contributed by atoms with Crippen molar-refractivity contribution in [3.05, 3.63) is 65.7 Å². The van der Waals surface area contributed by atoms with Gasteiger partial charge in [0.1, 0.15) is 5.75 Å². The van der Waals surface area contributed by atoms with Crippen LogP contribution in [0.25, 0.3) is 0 Å². The van der Waals surface area contributed by atoms with Crippen LogP contribution in [0.15, 0.2) is 54.6 Å². The number of amides is 1. The lowest BCUT2D eigenvalue weighted by atomic mass is 9.96. The molecule has 0 saturated heterocycles. The van der Waals surface area contributed by atoms with Crippen molar-refractivity contribution in [1.82, 2.24) is 5.32 Å².